The molecule has 2 rings (SSSR count). The van der Waals surface area contributed by atoms with Crippen molar-refractivity contribution in [2.75, 3.05) is 13.2 Å². The molecule has 2 aromatic rings. The van der Waals surface area contributed by atoms with Gasteiger partial charge < -0.3 is 19.8 Å². The van der Waals surface area contributed by atoms with Crippen molar-refractivity contribution < 1.29 is 14.3 Å². The van der Waals surface area contributed by atoms with E-state index in [2.05, 4.69) is 10.3 Å². The van der Waals surface area contributed by atoms with Crippen molar-refractivity contribution in [3.63, 3.8) is 0 Å². The Hall–Kier alpha value is -2.35. The number of aromatic nitrogens is 2. The Morgan fingerprint density at radius 1 is 1.17 bits per heavy atom. The number of hydrogen-bond acceptors (Lipinski definition) is 5. The molecule has 8 heteroatoms. The number of fused-ring (bicyclic) bond motifs is 1. The largest absolute Gasteiger partial charge is 0.490 e. The van der Waals surface area contributed by atoms with Gasteiger partial charge in [-0.25, -0.2) is 0 Å². The van der Waals surface area contributed by atoms with Crippen molar-refractivity contribution in [2.45, 2.75) is 66.0 Å². The van der Waals surface area contributed by atoms with Crippen LogP contribution in [-0.2, 0) is 11.3 Å². The second-order valence-electron chi connectivity index (χ2n) is 6.93. The number of carbonyl (C=O) groups excluding carboxylic acids is 1. The lowest BCUT2D eigenvalue weighted by Crippen LogP contribution is -2.31. The van der Waals surface area contributed by atoms with Crippen LogP contribution in [0.25, 0.3) is 10.9 Å². The topological polar surface area (TPSA) is 85.4 Å². The second-order valence-corrected chi connectivity index (χ2v) is 7.32. The summed E-state index contributed by atoms with van der Waals surface area (Å²) in [5.74, 6) is 1.16. The van der Waals surface area contributed by atoms with Crippen LogP contribution in [0.1, 0.15) is 53.4 Å². The minimum absolute atomic E-state index is 0.0418. The highest BCUT2D eigenvalue weighted by Gasteiger charge is 2.13. The summed E-state index contributed by atoms with van der Waals surface area (Å²) < 4.78 is 13.2. The summed E-state index contributed by atoms with van der Waals surface area (Å²) in [5, 5.41) is 3.45. The molecule has 0 spiro atoms. The summed E-state index contributed by atoms with van der Waals surface area (Å²) in [6.07, 6.45) is 2.72. The monoisotopic (exact) mass is 421 g/mol. The van der Waals surface area contributed by atoms with Gasteiger partial charge in [-0.1, -0.05) is 6.92 Å². The van der Waals surface area contributed by atoms with Crippen molar-refractivity contribution in [3.8, 4) is 11.5 Å². The van der Waals surface area contributed by atoms with Crippen LogP contribution in [0.15, 0.2) is 16.9 Å². The van der Waals surface area contributed by atoms with Crippen LogP contribution in [0.2, 0.25) is 0 Å². The molecule has 1 atom stereocenters. The highest BCUT2D eigenvalue weighted by molar-refractivity contribution is 7.71. The SMILES string of the molecule is CCOc1cc2[nH]c(=S)n(CCCCC(=O)N[C@H](C)CC)c(=O)c2cc1OCC. The Morgan fingerprint density at radius 2 is 1.83 bits per heavy atom. The summed E-state index contributed by atoms with van der Waals surface area (Å²) in [6.45, 7) is 9.22. The zero-order chi connectivity index (χ0) is 21.4. The number of rotatable bonds is 11. The predicted octanol–water partition coefficient (Wildman–Crippen LogP) is 3.94. The maximum Gasteiger partial charge on any atom is 0.262 e. The van der Waals surface area contributed by atoms with Crippen molar-refractivity contribution in [1.29, 1.82) is 0 Å². The highest BCUT2D eigenvalue weighted by atomic mass is 32.1. The fourth-order valence-corrected chi connectivity index (χ4v) is 3.29. The van der Waals surface area contributed by atoms with Gasteiger partial charge in [0.1, 0.15) is 0 Å². The summed E-state index contributed by atoms with van der Waals surface area (Å²) >= 11 is 5.39. The lowest BCUT2D eigenvalue weighted by Gasteiger charge is -2.14. The lowest BCUT2D eigenvalue weighted by molar-refractivity contribution is -0.121. The first-order chi connectivity index (χ1) is 13.9. The molecule has 0 aliphatic heterocycles. The van der Waals surface area contributed by atoms with E-state index in [0.717, 1.165) is 6.42 Å². The molecule has 1 heterocycles. The number of H-pyrrole nitrogens is 1. The van der Waals surface area contributed by atoms with E-state index in [9.17, 15) is 9.59 Å². The van der Waals surface area contributed by atoms with Crippen LogP contribution in [0.3, 0.4) is 0 Å². The molecular weight excluding hydrogens is 390 g/mol. The molecular formula is C21H31N3O4S. The number of benzene rings is 1. The molecule has 0 unspecified atom stereocenters. The Labute approximate surface area is 176 Å². The van der Waals surface area contributed by atoms with Gasteiger partial charge in [0, 0.05) is 25.1 Å². The van der Waals surface area contributed by atoms with Crippen molar-refractivity contribution in [3.05, 3.63) is 27.3 Å². The molecule has 0 saturated carbocycles. The molecule has 0 aliphatic carbocycles. The van der Waals surface area contributed by atoms with Crippen LogP contribution >= 0.6 is 12.2 Å². The maximum atomic E-state index is 13.0. The first-order valence-corrected chi connectivity index (χ1v) is 10.7. The molecule has 0 bridgehead atoms. The molecule has 2 N–H and O–H groups in total. The van der Waals surface area contributed by atoms with Gasteiger partial charge in [0.05, 0.1) is 24.1 Å². The van der Waals surface area contributed by atoms with Crippen molar-refractivity contribution in [2.24, 2.45) is 0 Å². The molecule has 1 amide bonds. The van der Waals surface area contributed by atoms with Crippen molar-refractivity contribution >= 4 is 29.0 Å². The zero-order valence-corrected chi connectivity index (χ0v) is 18.5. The first kappa shape index (κ1) is 22.9. The zero-order valence-electron chi connectivity index (χ0n) is 17.7. The Bertz CT molecular complexity index is 951. The molecule has 0 radical (unpaired) electrons. The minimum Gasteiger partial charge on any atom is -0.490 e. The van der Waals surface area contributed by atoms with E-state index >= 15 is 0 Å². The van der Waals surface area contributed by atoms with Gasteiger partial charge in [-0.15, -0.1) is 0 Å². The number of hydrogen-bond donors (Lipinski definition) is 2. The molecule has 1 aromatic heterocycles. The predicted molar refractivity (Wildman–Crippen MR) is 117 cm³/mol. The molecule has 0 saturated heterocycles. The smallest absolute Gasteiger partial charge is 0.262 e. The van der Waals surface area contributed by atoms with Crippen LogP contribution in [0, 0.1) is 4.77 Å². The number of unbranched alkanes of at least 4 members (excludes halogenated alkanes) is 1. The van der Waals surface area contributed by atoms with Gasteiger partial charge in [-0.3, -0.25) is 14.2 Å². The van der Waals surface area contributed by atoms with E-state index in [1.165, 1.54) is 0 Å². The minimum atomic E-state index is -0.170. The summed E-state index contributed by atoms with van der Waals surface area (Å²) in [5.41, 5.74) is 0.452. The van der Waals surface area contributed by atoms with E-state index in [4.69, 9.17) is 21.7 Å². The van der Waals surface area contributed by atoms with Crippen LogP contribution < -0.4 is 20.3 Å². The molecule has 160 valence electrons. The molecule has 0 fully saturated rings. The highest BCUT2D eigenvalue weighted by Crippen LogP contribution is 2.30. The fraction of sp³-hybridized carbons (Fsp3) is 0.571. The Kier molecular flexibility index (Phi) is 8.70. The summed E-state index contributed by atoms with van der Waals surface area (Å²) in [7, 11) is 0. The van der Waals surface area contributed by atoms with E-state index in [1.807, 2.05) is 27.7 Å². The maximum absolute atomic E-state index is 13.0. The number of ether oxygens (including phenoxy) is 2. The van der Waals surface area contributed by atoms with Gasteiger partial charge in [0.25, 0.3) is 5.56 Å². The first-order valence-electron chi connectivity index (χ1n) is 10.3. The van der Waals surface area contributed by atoms with E-state index in [0.29, 0.717) is 66.2 Å². The molecule has 29 heavy (non-hydrogen) atoms. The molecule has 1 aromatic carbocycles. The average Bonchev–Trinajstić information content (AvgIpc) is 2.68. The quantitative estimate of drug-likeness (QED) is 0.424. The van der Waals surface area contributed by atoms with Gasteiger partial charge in [0.2, 0.25) is 5.91 Å². The third-order valence-electron chi connectivity index (χ3n) is 4.70. The summed E-state index contributed by atoms with van der Waals surface area (Å²) in [4.78, 5) is 28.0. The molecule has 7 nitrogen and oxygen atoms in total. The number of carbonyl (C=O) groups is 1. The number of aromatic amines is 1. The van der Waals surface area contributed by atoms with Gasteiger partial charge in [-0.05, 0) is 58.3 Å². The van der Waals surface area contributed by atoms with Crippen LogP contribution in [0.5, 0.6) is 11.5 Å². The number of nitrogens with one attached hydrogen (secondary N) is 2. The average molecular weight is 422 g/mol. The van der Waals surface area contributed by atoms with Gasteiger partial charge in [-0.2, -0.15) is 0 Å². The molecule has 0 aliphatic rings. The van der Waals surface area contributed by atoms with Gasteiger partial charge >= 0.3 is 0 Å². The fourth-order valence-electron chi connectivity index (χ4n) is 3.00. The number of nitrogens with zero attached hydrogens (tertiary/aromatic N) is 1. The van der Waals surface area contributed by atoms with E-state index < -0.39 is 0 Å². The normalized spacial score (nSPS) is 12.0. The third kappa shape index (κ3) is 6.06. The van der Waals surface area contributed by atoms with E-state index in [1.54, 1.807) is 16.7 Å². The van der Waals surface area contributed by atoms with Crippen LogP contribution in [0.4, 0.5) is 0 Å². The van der Waals surface area contributed by atoms with Crippen molar-refractivity contribution in [1.82, 2.24) is 14.9 Å². The number of amides is 1. The second kappa shape index (κ2) is 11.0. The van der Waals surface area contributed by atoms with Gasteiger partial charge in [0.15, 0.2) is 16.3 Å². The Morgan fingerprint density at radius 3 is 2.45 bits per heavy atom. The lowest BCUT2D eigenvalue weighted by atomic mass is 10.2. The van der Waals surface area contributed by atoms with Crippen LogP contribution in [-0.4, -0.2) is 34.7 Å². The standard InChI is InChI=1S/C21H31N3O4S/c1-5-14(4)22-19(25)10-8-9-11-24-20(26)15-12-17(27-6-2)18(28-7-3)13-16(15)23-21(24)29/h12-14H,5-11H2,1-4H3,(H,22,25)(H,23,29)/t14-/m1/s1. The Balaban J connectivity index is 2.18. The van der Waals surface area contributed by atoms with E-state index in [-0.39, 0.29) is 17.5 Å². The summed E-state index contributed by atoms with van der Waals surface area (Å²) in [6, 6.07) is 3.64. The third-order valence-corrected chi connectivity index (χ3v) is 5.02.